The van der Waals surface area contributed by atoms with Crippen molar-refractivity contribution in [2.45, 2.75) is 13.8 Å². The summed E-state index contributed by atoms with van der Waals surface area (Å²) in [6.07, 6.45) is 1.42. The van der Waals surface area contributed by atoms with Gasteiger partial charge in [0.05, 0.1) is 11.4 Å². The molecule has 0 saturated carbocycles. The highest BCUT2D eigenvalue weighted by Crippen LogP contribution is 1.99. The van der Waals surface area contributed by atoms with Crippen molar-refractivity contribution >= 4 is 46.1 Å². The number of hydrogen-bond acceptors (Lipinski definition) is 5. The maximum absolute atomic E-state index is 5.58. The highest BCUT2D eigenvalue weighted by molar-refractivity contribution is 7.80. The molecule has 19 heavy (non-hydrogen) atoms. The van der Waals surface area contributed by atoms with Gasteiger partial charge in [-0.15, -0.1) is 0 Å². The molecule has 0 fully saturated rings. The van der Waals surface area contributed by atoms with E-state index in [9.17, 15) is 0 Å². The Labute approximate surface area is 123 Å². The van der Waals surface area contributed by atoms with Crippen LogP contribution in [0.5, 0.6) is 0 Å². The Morgan fingerprint density at radius 1 is 0.947 bits per heavy atom. The Morgan fingerprint density at radius 3 is 1.58 bits per heavy atom. The van der Waals surface area contributed by atoms with Crippen molar-refractivity contribution in [2.75, 3.05) is 14.1 Å². The molecule has 0 aliphatic heterocycles. The van der Waals surface area contributed by atoms with Crippen LogP contribution in [0, 0.1) is 0 Å². The maximum atomic E-state index is 5.58. The zero-order valence-electron chi connectivity index (χ0n) is 11.4. The largest absolute Gasteiger partial charge is 0.404 e. The normalized spacial score (nSPS) is 11.4. The third-order valence-corrected chi connectivity index (χ3v) is 2.64. The molecule has 0 atom stereocenters. The number of allylic oxidation sites excluding steroid dienone is 1. The summed E-state index contributed by atoms with van der Waals surface area (Å²) in [6, 6.07) is 0. The van der Waals surface area contributed by atoms with Gasteiger partial charge in [0.25, 0.3) is 0 Å². The molecule has 0 aliphatic rings. The van der Waals surface area contributed by atoms with Crippen molar-refractivity contribution in [1.29, 1.82) is 0 Å². The number of thiocarbonyl (C=S) groups is 2. The molecule has 0 bridgehead atoms. The van der Waals surface area contributed by atoms with E-state index >= 15 is 0 Å². The lowest BCUT2D eigenvalue weighted by molar-refractivity contribution is 0.967. The predicted molar refractivity (Wildman–Crippen MR) is 88.1 cm³/mol. The summed E-state index contributed by atoms with van der Waals surface area (Å²) >= 11 is 9.83. The van der Waals surface area contributed by atoms with Gasteiger partial charge in [-0.3, -0.25) is 10.9 Å². The van der Waals surface area contributed by atoms with Gasteiger partial charge in [0.1, 0.15) is 0 Å². The van der Waals surface area contributed by atoms with Gasteiger partial charge in [-0.05, 0) is 38.3 Å². The average molecular weight is 301 g/mol. The van der Waals surface area contributed by atoms with E-state index in [0.29, 0.717) is 27.2 Å². The van der Waals surface area contributed by atoms with Gasteiger partial charge in [-0.2, -0.15) is 10.2 Å². The second-order valence-corrected chi connectivity index (χ2v) is 4.17. The number of hydrazone groups is 2. The summed E-state index contributed by atoms with van der Waals surface area (Å²) in [5.74, 6) is 0. The number of nitrogens with zero attached hydrogens (tertiary/aromatic N) is 2. The molecule has 6 N–H and O–H groups in total. The van der Waals surface area contributed by atoms with Gasteiger partial charge in [-0.25, -0.2) is 0 Å². The molecule has 0 saturated heterocycles. The van der Waals surface area contributed by atoms with Crippen LogP contribution in [-0.4, -0.2) is 35.7 Å². The minimum absolute atomic E-state index is 0.416. The van der Waals surface area contributed by atoms with E-state index in [2.05, 4.69) is 31.7 Å². The first kappa shape index (κ1) is 17.3. The molecule has 0 rings (SSSR count). The fourth-order valence-corrected chi connectivity index (χ4v) is 1.10. The minimum Gasteiger partial charge on any atom is -0.404 e. The monoisotopic (exact) mass is 301 g/mol. The van der Waals surface area contributed by atoms with Gasteiger partial charge in [-0.1, -0.05) is 0 Å². The fourth-order valence-electron chi connectivity index (χ4n) is 1.00. The Balaban J connectivity index is 4.82. The molecule has 0 aromatic rings. The van der Waals surface area contributed by atoms with Gasteiger partial charge >= 0.3 is 0 Å². The summed E-state index contributed by atoms with van der Waals surface area (Å²) in [5, 5.41) is 14.5. The number of hydrogen-bond donors (Lipinski definition) is 5. The second kappa shape index (κ2) is 9.22. The first-order valence-electron chi connectivity index (χ1n) is 5.42. The van der Waals surface area contributed by atoms with Crippen LogP contribution in [-0.2, 0) is 0 Å². The molecule has 0 heterocycles. The molecule has 0 aliphatic carbocycles. The fraction of sp³-hybridized carbons (Fsp3) is 0.400. The quantitative estimate of drug-likeness (QED) is 0.278. The predicted octanol–water partition coefficient (Wildman–Crippen LogP) is -0.231. The topological polar surface area (TPSA) is 98.9 Å². The van der Waals surface area contributed by atoms with Crippen molar-refractivity contribution in [1.82, 2.24) is 21.5 Å². The van der Waals surface area contributed by atoms with E-state index in [4.69, 9.17) is 30.2 Å². The molecular formula is C10H19N7S2. The first-order chi connectivity index (χ1) is 8.96. The van der Waals surface area contributed by atoms with E-state index in [-0.39, 0.29) is 0 Å². The lowest BCUT2D eigenvalue weighted by atomic mass is 10.1. The van der Waals surface area contributed by atoms with E-state index in [1.807, 2.05) is 0 Å². The van der Waals surface area contributed by atoms with Crippen LogP contribution in [0.4, 0.5) is 0 Å². The van der Waals surface area contributed by atoms with E-state index in [1.54, 1.807) is 27.9 Å². The minimum atomic E-state index is 0.416. The SMILES string of the molecule is CNC(=S)NN=C(C)C(=CN)C(C)=NNC(=S)NC. The number of nitrogens with one attached hydrogen (secondary N) is 4. The summed E-state index contributed by atoms with van der Waals surface area (Å²) in [6.45, 7) is 3.58. The highest BCUT2D eigenvalue weighted by Gasteiger charge is 2.06. The molecule has 0 amide bonds. The molecule has 0 radical (unpaired) electrons. The molecule has 0 aromatic heterocycles. The zero-order valence-corrected chi connectivity index (χ0v) is 13.0. The van der Waals surface area contributed by atoms with E-state index in [0.717, 1.165) is 0 Å². The second-order valence-electron chi connectivity index (χ2n) is 3.36. The average Bonchev–Trinajstić information content (AvgIpc) is 2.42. The Bertz CT molecular complexity index is 390. The van der Waals surface area contributed by atoms with Crippen molar-refractivity contribution in [3.63, 3.8) is 0 Å². The lowest BCUT2D eigenvalue weighted by Crippen LogP contribution is -2.31. The molecule has 0 aromatic carbocycles. The zero-order chi connectivity index (χ0) is 14.8. The third kappa shape index (κ3) is 6.67. The van der Waals surface area contributed by atoms with Gasteiger partial charge < -0.3 is 16.4 Å². The van der Waals surface area contributed by atoms with Crippen LogP contribution in [0.2, 0.25) is 0 Å². The molecule has 0 unspecified atom stereocenters. The third-order valence-electron chi connectivity index (χ3n) is 2.05. The summed E-state index contributed by atoms with van der Waals surface area (Å²) in [7, 11) is 3.41. The Morgan fingerprint density at radius 2 is 1.32 bits per heavy atom. The van der Waals surface area contributed by atoms with Crippen LogP contribution in [0.3, 0.4) is 0 Å². The standard InChI is InChI=1S/C10H19N7S2/c1-6(14-16-9(18)12-3)8(5-11)7(2)15-17-10(19)13-4/h5H,11H2,1-4H3,(H2,12,16,18)(H2,13,17,19). The van der Waals surface area contributed by atoms with Crippen molar-refractivity contribution in [2.24, 2.45) is 15.9 Å². The van der Waals surface area contributed by atoms with Crippen LogP contribution < -0.4 is 27.2 Å². The van der Waals surface area contributed by atoms with Crippen LogP contribution in [0.25, 0.3) is 0 Å². The van der Waals surface area contributed by atoms with Crippen LogP contribution in [0.1, 0.15) is 13.8 Å². The van der Waals surface area contributed by atoms with Gasteiger partial charge in [0.2, 0.25) is 0 Å². The Kier molecular flexibility index (Phi) is 8.38. The number of nitrogens with two attached hydrogens (primary N) is 1. The van der Waals surface area contributed by atoms with Crippen LogP contribution >= 0.6 is 24.4 Å². The first-order valence-corrected chi connectivity index (χ1v) is 6.24. The van der Waals surface area contributed by atoms with Gasteiger partial charge in [0.15, 0.2) is 10.2 Å². The smallest absolute Gasteiger partial charge is 0.186 e. The maximum Gasteiger partial charge on any atom is 0.186 e. The molecular weight excluding hydrogens is 282 g/mol. The summed E-state index contributed by atoms with van der Waals surface area (Å²) < 4.78 is 0. The lowest BCUT2D eigenvalue weighted by Gasteiger charge is -2.08. The van der Waals surface area contributed by atoms with Crippen LogP contribution in [0.15, 0.2) is 22.0 Å². The van der Waals surface area contributed by atoms with Crippen molar-refractivity contribution in [3.8, 4) is 0 Å². The number of rotatable bonds is 4. The molecule has 9 heteroatoms. The molecule has 106 valence electrons. The Hall–Kier alpha value is -1.74. The van der Waals surface area contributed by atoms with Gasteiger partial charge in [0, 0.05) is 25.9 Å². The van der Waals surface area contributed by atoms with E-state index in [1.165, 1.54) is 6.20 Å². The summed E-state index contributed by atoms with van der Waals surface area (Å²) in [5.41, 5.74) is 12.9. The highest BCUT2D eigenvalue weighted by atomic mass is 32.1. The van der Waals surface area contributed by atoms with Crippen molar-refractivity contribution in [3.05, 3.63) is 11.8 Å². The molecule has 7 nitrogen and oxygen atoms in total. The van der Waals surface area contributed by atoms with Crippen molar-refractivity contribution < 1.29 is 0 Å². The van der Waals surface area contributed by atoms with E-state index < -0.39 is 0 Å². The molecule has 0 spiro atoms. The summed E-state index contributed by atoms with van der Waals surface area (Å²) in [4.78, 5) is 0.